The van der Waals surface area contributed by atoms with Crippen molar-refractivity contribution in [2.24, 2.45) is 0 Å². The number of amides is 3. The molecule has 99 heavy (non-hydrogen) atoms. The summed E-state index contributed by atoms with van der Waals surface area (Å²) in [4.78, 5) is 76.6. The molecule has 6 fully saturated rings. The third-order valence-electron chi connectivity index (χ3n) is 14.6. The summed E-state index contributed by atoms with van der Waals surface area (Å²) in [5, 5.41) is 138. The minimum absolute atomic E-state index is 0.638. The molecular formula is C42H65N3O49S5. The van der Waals surface area contributed by atoms with Crippen LogP contribution >= 0.6 is 0 Å². The van der Waals surface area contributed by atoms with Gasteiger partial charge in [0.15, 0.2) is 68.3 Å². The summed E-state index contributed by atoms with van der Waals surface area (Å²) in [7, 11) is -28.7. The number of carboxylic acid groups (broad SMARTS) is 3. The summed E-state index contributed by atoms with van der Waals surface area (Å²) >= 11 is 0. The summed E-state index contributed by atoms with van der Waals surface area (Å²) in [5.74, 6) is -10.5. The maximum absolute atomic E-state index is 13.2. The van der Waals surface area contributed by atoms with Gasteiger partial charge in [0.05, 0.1) is 19.8 Å². The molecule has 52 nitrogen and oxygen atoms in total. The highest BCUT2D eigenvalue weighted by atomic mass is 32.3. The van der Waals surface area contributed by atoms with Crippen molar-refractivity contribution in [1.82, 2.24) is 16.0 Å². The predicted octanol–water partition coefficient (Wildman–Crippen LogP) is -14.3. The standard InChI is InChI=1S/C42H65N3O49S5/c1-7(47)43-13-24(16(50)11(81-37(13)63)5-79-95(64,65)66)84-42-31(94-99(76,77)78)22(56)28(33(91-42)36(61)62)88-39-15(45-9(3)49)26(23(10(4-46)82-39)92-97(70,71)72)86-40-21(55)20(54)27(32(90-40)35(59)60)87-38-14(44-8(2)48)25(17(51)12(83-38)6-80-96(67,68)69)85-41-30(93-98(73,74)75)19(53)18(52)29(89-41)34(57)58/h10-33,37-42,46,50-56,63H,4-6H2,1-3H3,(H,43,47)(H,44,48)(H,45,49)(H,57,58)(H,59,60)(H,61,62)(H,64,65,66)(H,67,68,69)(H,70,71,72)(H,73,74,75)(H,76,77,78)/t10-,11-,12-,13-,14-,15-,16+,17+,18+,19+,20-,21-,22+,23+,24-,25-,26-,27+,28+,29+,30-,31-,32+,33+,37?,38+,39+,40-,41-,42-/m1/s1. The van der Waals surface area contributed by atoms with Gasteiger partial charge in [-0.15, -0.1) is 0 Å². The van der Waals surface area contributed by atoms with E-state index in [0.29, 0.717) is 13.8 Å². The number of hydrogen-bond donors (Lipinski definition) is 20. The van der Waals surface area contributed by atoms with E-state index in [1.54, 1.807) is 0 Å². The van der Waals surface area contributed by atoms with Crippen LogP contribution in [0.1, 0.15) is 20.8 Å². The van der Waals surface area contributed by atoms with Crippen molar-refractivity contribution in [3.63, 3.8) is 0 Å². The van der Waals surface area contributed by atoms with Gasteiger partial charge in [-0.1, -0.05) is 0 Å². The van der Waals surface area contributed by atoms with Gasteiger partial charge < -0.3 is 129 Å². The van der Waals surface area contributed by atoms with E-state index in [1.165, 1.54) is 0 Å². The van der Waals surface area contributed by atoms with Gasteiger partial charge >= 0.3 is 69.9 Å². The Morgan fingerprint density at radius 2 is 0.677 bits per heavy atom. The number of aliphatic hydroxyl groups is 9. The zero-order valence-electron chi connectivity index (χ0n) is 49.6. The summed E-state index contributed by atoms with van der Waals surface area (Å²) in [5.41, 5.74) is 0. The highest BCUT2D eigenvalue weighted by Gasteiger charge is 2.62. The van der Waals surface area contributed by atoms with Gasteiger partial charge in [0.2, 0.25) is 17.7 Å². The Bertz CT molecular complexity index is 3460. The number of carbonyl (C=O) groups is 6. The van der Waals surface area contributed by atoms with Crippen LogP contribution in [0.5, 0.6) is 0 Å². The average Bonchev–Trinajstić information content (AvgIpc) is 0.765. The molecule has 0 aromatic carbocycles. The number of rotatable bonds is 29. The lowest BCUT2D eigenvalue weighted by Crippen LogP contribution is -2.72. The Labute approximate surface area is 554 Å². The normalized spacial score (nSPS) is 40.4. The Hall–Kier alpha value is -4.63. The maximum Gasteiger partial charge on any atom is 0.397 e. The third kappa shape index (κ3) is 22.0. The lowest BCUT2D eigenvalue weighted by Gasteiger charge is -2.51. The molecular weight excluding hydrogens is 1490 g/mol. The predicted molar refractivity (Wildman–Crippen MR) is 288 cm³/mol. The number of nitrogens with one attached hydrogen (secondary N) is 3. The monoisotopic (exact) mass is 1560 g/mol. The maximum atomic E-state index is 13.2. The van der Waals surface area contributed by atoms with E-state index in [-0.39, 0.29) is 0 Å². The lowest BCUT2D eigenvalue weighted by molar-refractivity contribution is -0.374. The summed E-state index contributed by atoms with van der Waals surface area (Å²) in [6, 6.07) is -7.07. The van der Waals surface area contributed by atoms with E-state index in [2.05, 4.69) is 20.9 Å². The molecule has 6 aliphatic heterocycles. The number of hydrogen-bond acceptors (Lipinski definition) is 41. The quantitative estimate of drug-likeness (QED) is 0.0309. The van der Waals surface area contributed by atoms with Crippen LogP contribution in [0, 0.1) is 0 Å². The van der Waals surface area contributed by atoms with Gasteiger partial charge in [0.25, 0.3) is 0 Å². The zero-order valence-corrected chi connectivity index (χ0v) is 53.7. The SMILES string of the molecule is CC(=O)N[C@H]1[C@H](O[C@H]2[C@H](O)[C@@H](OS(=O)(=O)O)[C@H](O[C@H]3[C@@H](O)[C@@H](COS(=O)(=O)O)OC(O)[C@@H]3NC(C)=O)O[C@@H]2C(=O)O)O[C@H](CO)[C@H](OS(=O)(=O)O)[C@@H]1O[C@@H]1O[C@H](C(=O)O)[C@@H](O[C@@H]2O[C@H](COS(=O)(=O)O)[C@H](O)[C@H](O[C@@H]3O[C@H](C(=O)O)[C@@H](O)[C@H](O)[C@H]3OS(=O)(=O)O)[C@H]2NC(C)=O)[C@H](O)[C@H]1O. The molecule has 0 bridgehead atoms. The molecule has 30 atom stereocenters. The highest BCUT2D eigenvalue weighted by molar-refractivity contribution is 7.81. The van der Waals surface area contributed by atoms with Crippen LogP contribution in [0.2, 0.25) is 0 Å². The van der Waals surface area contributed by atoms with Crippen LogP contribution < -0.4 is 16.0 Å². The van der Waals surface area contributed by atoms with Crippen molar-refractivity contribution < 1.29 is 228 Å². The van der Waals surface area contributed by atoms with E-state index in [9.17, 15) is 150 Å². The van der Waals surface area contributed by atoms with E-state index in [0.717, 1.165) is 6.92 Å². The number of ether oxygens (including phenoxy) is 11. The van der Waals surface area contributed by atoms with E-state index >= 15 is 0 Å². The molecule has 57 heteroatoms. The second-order valence-corrected chi connectivity index (χ2v) is 27.0. The van der Waals surface area contributed by atoms with Crippen molar-refractivity contribution in [3.05, 3.63) is 0 Å². The van der Waals surface area contributed by atoms with Crippen molar-refractivity contribution in [2.45, 2.75) is 205 Å². The first-order valence-corrected chi connectivity index (χ1v) is 34.2. The molecule has 6 aliphatic rings. The average molecular weight is 1560 g/mol. The summed E-state index contributed by atoms with van der Waals surface area (Å²) < 4.78 is 250. The molecule has 0 aromatic heterocycles. The molecule has 0 spiro atoms. The van der Waals surface area contributed by atoms with Gasteiger partial charge in [-0.05, 0) is 0 Å². The van der Waals surface area contributed by atoms with Gasteiger partial charge in [0, 0.05) is 20.8 Å². The Kier molecular flexibility index (Phi) is 27.8. The van der Waals surface area contributed by atoms with Gasteiger partial charge in [-0.2, -0.15) is 42.1 Å². The molecule has 0 radical (unpaired) electrons. The first-order chi connectivity index (χ1) is 45.4. The second-order valence-electron chi connectivity index (χ2n) is 21.6. The van der Waals surface area contributed by atoms with Crippen LogP contribution in [-0.4, -0.2) is 366 Å². The Morgan fingerprint density at radius 3 is 1.09 bits per heavy atom. The third-order valence-corrected chi connectivity index (χ3v) is 16.8. The second kappa shape index (κ2) is 33.0. The van der Waals surface area contributed by atoms with E-state index in [4.69, 9.17) is 56.7 Å². The van der Waals surface area contributed by atoms with Gasteiger partial charge in [0.1, 0.15) is 116 Å². The molecule has 20 N–H and O–H groups in total. The van der Waals surface area contributed by atoms with Crippen molar-refractivity contribution in [3.8, 4) is 0 Å². The molecule has 6 heterocycles. The fourth-order valence-electron chi connectivity index (χ4n) is 10.6. The topological polar surface area (TPSA) is 801 Å². The number of carbonyl (C=O) groups excluding carboxylic acids is 3. The largest absolute Gasteiger partial charge is 0.479 e. The molecule has 0 saturated carbocycles. The molecule has 0 aromatic rings. The van der Waals surface area contributed by atoms with Crippen LogP contribution in [0.4, 0.5) is 0 Å². The number of aliphatic carboxylic acids is 3. The highest BCUT2D eigenvalue weighted by Crippen LogP contribution is 2.39. The summed E-state index contributed by atoms with van der Waals surface area (Å²) in [6.45, 7) is -2.49. The first kappa shape index (κ1) is 83.3. The lowest BCUT2D eigenvalue weighted by atomic mass is 9.93. The van der Waals surface area contributed by atoms with Gasteiger partial charge in [-0.25, -0.2) is 35.3 Å². The van der Waals surface area contributed by atoms with Crippen LogP contribution in [-0.2, 0) is 154 Å². The molecule has 6 rings (SSSR count). The molecule has 572 valence electrons. The Balaban J connectivity index is 1.39. The van der Waals surface area contributed by atoms with Crippen LogP contribution in [0.25, 0.3) is 0 Å². The summed E-state index contributed by atoms with van der Waals surface area (Å²) in [6.07, 6.45) is -73.3. The molecule has 3 amide bonds. The van der Waals surface area contributed by atoms with Crippen molar-refractivity contribution in [1.29, 1.82) is 0 Å². The van der Waals surface area contributed by atoms with Crippen molar-refractivity contribution in [2.75, 3.05) is 19.8 Å². The van der Waals surface area contributed by atoms with E-state index < -0.39 is 291 Å². The van der Waals surface area contributed by atoms with Gasteiger partial charge in [-0.3, -0.25) is 37.1 Å². The molecule has 6 saturated heterocycles. The fourth-order valence-corrected chi connectivity index (χ4v) is 12.7. The number of carboxylic acids is 3. The van der Waals surface area contributed by atoms with Crippen LogP contribution in [0.15, 0.2) is 0 Å². The van der Waals surface area contributed by atoms with Crippen LogP contribution in [0.3, 0.4) is 0 Å². The minimum Gasteiger partial charge on any atom is -0.479 e. The number of aliphatic hydroxyl groups excluding tert-OH is 9. The first-order valence-electron chi connectivity index (χ1n) is 27.4. The van der Waals surface area contributed by atoms with Crippen molar-refractivity contribution >= 4 is 87.6 Å². The fraction of sp³-hybridized carbons (Fsp3) is 0.857. The Morgan fingerprint density at radius 1 is 0.343 bits per heavy atom. The molecule has 0 aliphatic carbocycles. The van der Waals surface area contributed by atoms with E-state index in [1.807, 2.05) is 16.0 Å². The zero-order chi connectivity index (χ0) is 74.8. The minimum atomic E-state index is -6.01. The molecule has 1 unspecified atom stereocenters. The smallest absolute Gasteiger partial charge is 0.397 e.